The Morgan fingerprint density at radius 1 is 1.15 bits per heavy atom. The maximum Gasteiger partial charge on any atom is 0.126 e. The summed E-state index contributed by atoms with van der Waals surface area (Å²) >= 11 is 2.32. The molecule has 0 unspecified atom stereocenters. The van der Waals surface area contributed by atoms with Crippen LogP contribution < -0.4 is 5.32 Å². The average Bonchev–Trinajstić information content (AvgIpc) is 2.37. The SMILES string of the molecule is Cc1cc(I)ccc1NC1CC(c2ccccc2F)C1. The monoisotopic (exact) mass is 381 g/mol. The van der Waals surface area contributed by atoms with Gasteiger partial charge in [-0.2, -0.15) is 0 Å². The second kappa shape index (κ2) is 5.72. The van der Waals surface area contributed by atoms with E-state index in [1.54, 1.807) is 12.1 Å². The van der Waals surface area contributed by atoms with Gasteiger partial charge in [0.1, 0.15) is 5.82 Å². The van der Waals surface area contributed by atoms with Gasteiger partial charge in [0.05, 0.1) is 0 Å². The van der Waals surface area contributed by atoms with Crippen molar-refractivity contribution >= 4 is 28.3 Å². The lowest BCUT2D eigenvalue weighted by Gasteiger charge is -2.37. The van der Waals surface area contributed by atoms with Crippen molar-refractivity contribution < 1.29 is 4.39 Å². The van der Waals surface area contributed by atoms with Gasteiger partial charge in [0.25, 0.3) is 0 Å². The largest absolute Gasteiger partial charge is 0.382 e. The summed E-state index contributed by atoms with van der Waals surface area (Å²) in [7, 11) is 0. The van der Waals surface area contributed by atoms with Crippen LogP contribution in [-0.4, -0.2) is 6.04 Å². The highest BCUT2D eigenvalue weighted by molar-refractivity contribution is 14.1. The van der Waals surface area contributed by atoms with Crippen LogP contribution in [0.15, 0.2) is 42.5 Å². The molecule has 0 atom stereocenters. The van der Waals surface area contributed by atoms with E-state index >= 15 is 0 Å². The van der Waals surface area contributed by atoms with Crippen LogP contribution >= 0.6 is 22.6 Å². The molecule has 1 aliphatic carbocycles. The molecule has 1 nitrogen and oxygen atoms in total. The van der Waals surface area contributed by atoms with E-state index in [1.807, 2.05) is 12.1 Å². The Balaban J connectivity index is 1.62. The van der Waals surface area contributed by atoms with Crippen LogP contribution in [-0.2, 0) is 0 Å². The third-order valence-electron chi connectivity index (χ3n) is 4.03. The minimum Gasteiger partial charge on any atom is -0.382 e. The quantitative estimate of drug-likeness (QED) is 0.730. The lowest BCUT2D eigenvalue weighted by Crippen LogP contribution is -2.34. The molecule has 0 aromatic heterocycles. The zero-order valence-electron chi connectivity index (χ0n) is 11.4. The third kappa shape index (κ3) is 2.82. The van der Waals surface area contributed by atoms with Gasteiger partial charge in [-0.05, 0) is 83.7 Å². The maximum atomic E-state index is 13.7. The van der Waals surface area contributed by atoms with Crippen LogP contribution in [0.25, 0.3) is 0 Å². The first-order chi connectivity index (χ1) is 9.63. The first kappa shape index (κ1) is 13.9. The fraction of sp³-hybridized carbons (Fsp3) is 0.294. The molecule has 1 saturated carbocycles. The number of aryl methyl sites for hydroxylation is 1. The number of benzene rings is 2. The normalized spacial score (nSPS) is 21.4. The molecule has 2 aromatic rings. The van der Waals surface area contributed by atoms with Crippen LogP contribution in [0.5, 0.6) is 0 Å². The summed E-state index contributed by atoms with van der Waals surface area (Å²) in [6.45, 7) is 2.12. The molecule has 0 spiro atoms. The van der Waals surface area contributed by atoms with Crippen LogP contribution in [0.2, 0.25) is 0 Å². The van der Waals surface area contributed by atoms with E-state index in [9.17, 15) is 4.39 Å². The minimum absolute atomic E-state index is 0.0682. The minimum atomic E-state index is -0.0682. The fourth-order valence-corrected chi connectivity index (χ4v) is 3.45. The summed E-state index contributed by atoms with van der Waals surface area (Å²) in [6.07, 6.45) is 2.01. The summed E-state index contributed by atoms with van der Waals surface area (Å²) in [5.41, 5.74) is 3.33. The second-order valence-electron chi connectivity index (χ2n) is 5.49. The van der Waals surface area contributed by atoms with E-state index in [2.05, 4.69) is 53.0 Å². The smallest absolute Gasteiger partial charge is 0.126 e. The highest BCUT2D eigenvalue weighted by atomic mass is 127. The molecule has 0 aliphatic heterocycles. The molecule has 2 aromatic carbocycles. The van der Waals surface area contributed by atoms with E-state index in [-0.39, 0.29) is 5.82 Å². The molecule has 3 rings (SSSR count). The Labute approximate surface area is 132 Å². The van der Waals surface area contributed by atoms with Gasteiger partial charge >= 0.3 is 0 Å². The van der Waals surface area contributed by atoms with Crippen LogP contribution in [0.3, 0.4) is 0 Å². The molecule has 0 saturated heterocycles. The predicted molar refractivity (Wildman–Crippen MR) is 89.7 cm³/mol. The Kier molecular flexibility index (Phi) is 3.96. The molecule has 104 valence electrons. The van der Waals surface area contributed by atoms with Crippen molar-refractivity contribution in [1.82, 2.24) is 0 Å². The first-order valence-electron chi connectivity index (χ1n) is 6.90. The number of hydrogen-bond acceptors (Lipinski definition) is 1. The molecule has 0 bridgehead atoms. The molecule has 1 fully saturated rings. The molecule has 1 N–H and O–H groups in total. The van der Waals surface area contributed by atoms with Gasteiger partial charge in [0, 0.05) is 15.3 Å². The van der Waals surface area contributed by atoms with Gasteiger partial charge in [-0.25, -0.2) is 4.39 Å². The van der Waals surface area contributed by atoms with Gasteiger partial charge in [0.2, 0.25) is 0 Å². The van der Waals surface area contributed by atoms with Gasteiger partial charge < -0.3 is 5.32 Å². The van der Waals surface area contributed by atoms with E-state index < -0.39 is 0 Å². The summed E-state index contributed by atoms with van der Waals surface area (Å²) in [5, 5.41) is 3.57. The van der Waals surface area contributed by atoms with E-state index in [4.69, 9.17) is 0 Å². The Bertz CT molecular complexity index is 620. The summed E-state index contributed by atoms with van der Waals surface area (Å²) in [4.78, 5) is 0. The van der Waals surface area contributed by atoms with Crippen molar-refractivity contribution in [2.45, 2.75) is 31.7 Å². The predicted octanol–water partition coefficient (Wildman–Crippen LogP) is 5.10. The third-order valence-corrected chi connectivity index (χ3v) is 4.70. The lowest BCUT2D eigenvalue weighted by atomic mass is 9.75. The molecule has 0 amide bonds. The first-order valence-corrected chi connectivity index (χ1v) is 7.98. The van der Waals surface area contributed by atoms with E-state index in [0.717, 1.165) is 18.4 Å². The Hall–Kier alpha value is -1.10. The summed E-state index contributed by atoms with van der Waals surface area (Å²) in [6, 6.07) is 14.0. The Morgan fingerprint density at radius 2 is 1.90 bits per heavy atom. The average molecular weight is 381 g/mol. The standard InChI is InChI=1S/C17H17FIN/c1-11-8-13(19)6-7-17(11)20-14-9-12(10-14)15-4-2-3-5-16(15)18/h2-8,12,14,20H,9-10H2,1H3. The molecule has 0 radical (unpaired) electrons. The van der Waals surface area contributed by atoms with Gasteiger partial charge in [0.15, 0.2) is 0 Å². The molecule has 1 aliphatic rings. The lowest BCUT2D eigenvalue weighted by molar-refractivity contribution is 0.363. The highest BCUT2D eigenvalue weighted by Crippen LogP contribution is 2.39. The van der Waals surface area contributed by atoms with Crippen molar-refractivity contribution in [2.24, 2.45) is 0 Å². The summed E-state index contributed by atoms with van der Waals surface area (Å²) < 4.78 is 15.0. The molecule has 3 heteroatoms. The maximum absolute atomic E-state index is 13.7. The second-order valence-corrected chi connectivity index (χ2v) is 6.74. The van der Waals surface area contributed by atoms with Crippen molar-refractivity contribution in [3.05, 3.63) is 63.0 Å². The van der Waals surface area contributed by atoms with E-state index in [0.29, 0.717) is 12.0 Å². The van der Waals surface area contributed by atoms with Crippen molar-refractivity contribution in [3.8, 4) is 0 Å². The molecule has 0 heterocycles. The van der Waals surface area contributed by atoms with Gasteiger partial charge in [-0.15, -0.1) is 0 Å². The van der Waals surface area contributed by atoms with Crippen LogP contribution in [0.1, 0.15) is 29.9 Å². The molecular formula is C17H17FIN. The molecule has 20 heavy (non-hydrogen) atoms. The molecular weight excluding hydrogens is 364 g/mol. The van der Waals surface area contributed by atoms with Crippen molar-refractivity contribution in [1.29, 1.82) is 0 Å². The number of halogens is 2. The van der Waals surface area contributed by atoms with Crippen LogP contribution in [0, 0.1) is 16.3 Å². The van der Waals surface area contributed by atoms with Crippen molar-refractivity contribution in [3.63, 3.8) is 0 Å². The van der Waals surface area contributed by atoms with Crippen LogP contribution in [0.4, 0.5) is 10.1 Å². The zero-order valence-corrected chi connectivity index (χ0v) is 13.5. The topological polar surface area (TPSA) is 12.0 Å². The highest BCUT2D eigenvalue weighted by Gasteiger charge is 2.31. The fourth-order valence-electron chi connectivity index (χ4n) is 2.80. The number of nitrogens with one attached hydrogen (secondary N) is 1. The van der Waals surface area contributed by atoms with E-state index in [1.165, 1.54) is 14.8 Å². The number of hydrogen-bond donors (Lipinski definition) is 1. The van der Waals surface area contributed by atoms with Crippen molar-refractivity contribution in [2.75, 3.05) is 5.32 Å². The number of rotatable bonds is 3. The van der Waals surface area contributed by atoms with Gasteiger partial charge in [-0.3, -0.25) is 0 Å². The number of anilines is 1. The Morgan fingerprint density at radius 3 is 2.60 bits per heavy atom. The summed E-state index contributed by atoms with van der Waals surface area (Å²) in [5.74, 6) is 0.291. The van der Waals surface area contributed by atoms with Gasteiger partial charge in [-0.1, -0.05) is 18.2 Å². The zero-order chi connectivity index (χ0) is 14.1.